The highest BCUT2D eigenvalue weighted by Gasteiger charge is 2.33. The van der Waals surface area contributed by atoms with Gasteiger partial charge in [0.25, 0.3) is 0 Å². The molecule has 19 heavy (non-hydrogen) atoms. The van der Waals surface area contributed by atoms with Gasteiger partial charge in [0.2, 0.25) is 10.0 Å². The summed E-state index contributed by atoms with van der Waals surface area (Å²) in [5.41, 5.74) is 6.15. The van der Waals surface area contributed by atoms with Crippen LogP contribution in [0.2, 0.25) is 0 Å². The van der Waals surface area contributed by atoms with Crippen LogP contribution in [0.25, 0.3) is 0 Å². The van der Waals surface area contributed by atoms with E-state index in [9.17, 15) is 12.6 Å². The van der Waals surface area contributed by atoms with E-state index in [0.29, 0.717) is 28.6 Å². The molecule has 0 atom stereocenters. The predicted octanol–water partition coefficient (Wildman–Crippen LogP) is 0.108. The van der Waals surface area contributed by atoms with Crippen LogP contribution < -0.4 is 5.73 Å². The number of hydrogen-bond donors (Lipinski definition) is 1. The first-order chi connectivity index (χ1) is 8.87. The largest absolute Gasteiger partial charge is 0.465 e. The highest BCUT2D eigenvalue weighted by molar-refractivity contribution is 7.89. The second-order valence-corrected chi connectivity index (χ2v) is 8.05. The van der Waals surface area contributed by atoms with Gasteiger partial charge in [-0.1, -0.05) is 0 Å². The maximum atomic E-state index is 12.6. The zero-order chi connectivity index (χ0) is 14.2. The topological polar surface area (TPSA) is 93.6 Å². The van der Waals surface area contributed by atoms with Crippen LogP contribution in [-0.2, 0) is 27.4 Å². The molecule has 0 amide bonds. The summed E-state index contributed by atoms with van der Waals surface area (Å²) in [7, 11) is -4.53. The van der Waals surface area contributed by atoms with Crippen LogP contribution in [-0.4, -0.2) is 41.5 Å². The fourth-order valence-electron chi connectivity index (χ4n) is 2.27. The molecule has 1 aromatic rings. The van der Waals surface area contributed by atoms with Gasteiger partial charge in [0, 0.05) is 47.5 Å². The van der Waals surface area contributed by atoms with Gasteiger partial charge in [-0.2, -0.15) is 4.31 Å². The van der Waals surface area contributed by atoms with E-state index in [0.717, 1.165) is 0 Å². The number of furan rings is 1. The molecule has 1 saturated heterocycles. The minimum atomic E-state index is -3.61. The molecule has 0 aliphatic carbocycles. The Bertz CT molecular complexity index is 596. The molecule has 0 radical (unpaired) electrons. The molecule has 8 heteroatoms. The first-order valence-corrected chi connectivity index (χ1v) is 8.94. The summed E-state index contributed by atoms with van der Waals surface area (Å²) in [5.74, 6) is 1.67. The lowest BCUT2D eigenvalue weighted by molar-refractivity contribution is 0.435. The van der Waals surface area contributed by atoms with E-state index in [4.69, 9.17) is 10.2 Å². The minimum absolute atomic E-state index is 0.123. The lowest BCUT2D eigenvalue weighted by Gasteiger charge is -2.25. The highest BCUT2D eigenvalue weighted by atomic mass is 32.2. The molecule has 0 spiro atoms. The SMILES string of the molecule is Cc1oc(C)c(S(=O)(=O)N2CCS(=O)CC2)c1CN. The quantitative estimate of drug-likeness (QED) is 0.855. The Kier molecular flexibility index (Phi) is 4.14. The predicted molar refractivity (Wildman–Crippen MR) is 72.7 cm³/mol. The Balaban J connectivity index is 2.42. The smallest absolute Gasteiger partial charge is 0.246 e. The minimum Gasteiger partial charge on any atom is -0.465 e. The molecule has 1 aromatic heterocycles. The molecule has 6 nitrogen and oxygen atoms in total. The van der Waals surface area contributed by atoms with Crippen molar-refractivity contribution >= 4 is 20.8 Å². The zero-order valence-corrected chi connectivity index (χ0v) is 12.6. The maximum absolute atomic E-state index is 12.6. The average Bonchev–Trinajstić information content (AvgIpc) is 2.64. The second-order valence-electron chi connectivity index (χ2n) is 4.48. The van der Waals surface area contributed by atoms with Crippen molar-refractivity contribution in [2.24, 2.45) is 5.73 Å². The summed E-state index contributed by atoms with van der Waals surface area (Å²) >= 11 is 0. The Morgan fingerprint density at radius 2 is 1.84 bits per heavy atom. The summed E-state index contributed by atoms with van der Waals surface area (Å²) in [5, 5.41) is 0. The van der Waals surface area contributed by atoms with E-state index in [1.54, 1.807) is 13.8 Å². The van der Waals surface area contributed by atoms with Crippen LogP contribution in [0.4, 0.5) is 0 Å². The highest BCUT2D eigenvalue weighted by Crippen LogP contribution is 2.29. The van der Waals surface area contributed by atoms with Gasteiger partial charge < -0.3 is 10.2 Å². The van der Waals surface area contributed by atoms with Crippen LogP contribution in [0.1, 0.15) is 17.1 Å². The number of nitrogens with zero attached hydrogens (tertiary/aromatic N) is 1. The molecule has 2 N–H and O–H groups in total. The molecule has 1 aliphatic rings. The molecular weight excluding hydrogens is 288 g/mol. The zero-order valence-electron chi connectivity index (χ0n) is 11.0. The molecule has 0 saturated carbocycles. The van der Waals surface area contributed by atoms with Gasteiger partial charge in [-0.3, -0.25) is 4.21 Å². The third kappa shape index (κ3) is 2.62. The van der Waals surface area contributed by atoms with Crippen LogP contribution in [0.5, 0.6) is 0 Å². The lowest BCUT2D eigenvalue weighted by Crippen LogP contribution is -2.42. The molecule has 2 heterocycles. The maximum Gasteiger partial charge on any atom is 0.246 e. The fourth-order valence-corrected chi connectivity index (χ4v) is 5.42. The van der Waals surface area contributed by atoms with Crippen molar-refractivity contribution in [2.75, 3.05) is 24.6 Å². The molecular formula is C11H18N2O4S2. The number of nitrogens with two attached hydrogens (primary N) is 1. The van der Waals surface area contributed by atoms with E-state index < -0.39 is 20.8 Å². The van der Waals surface area contributed by atoms with Gasteiger partial charge in [0.05, 0.1) is 0 Å². The van der Waals surface area contributed by atoms with Gasteiger partial charge in [0.1, 0.15) is 16.4 Å². The Hall–Kier alpha value is -0.700. The van der Waals surface area contributed by atoms with Crippen molar-refractivity contribution in [2.45, 2.75) is 25.3 Å². The molecule has 0 aromatic carbocycles. The number of hydrogen-bond acceptors (Lipinski definition) is 5. The number of aryl methyl sites for hydroxylation is 2. The normalized spacial score (nSPS) is 18.9. The molecule has 1 fully saturated rings. The second kappa shape index (κ2) is 5.35. The lowest BCUT2D eigenvalue weighted by atomic mass is 10.2. The number of rotatable bonds is 3. The van der Waals surface area contributed by atoms with Crippen LogP contribution in [0, 0.1) is 13.8 Å². The summed E-state index contributed by atoms with van der Waals surface area (Å²) in [6, 6.07) is 0. The van der Waals surface area contributed by atoms with E-state index in [1.165, 1.54) is 4.31 Å². The van der Waals surface area contributed by atoms with Crippen LogP contribution in [0.15, 0.2) is 9.31 Å². The number of sulfonamides is 1. The van der Waals surface area contributed by atoms with E-state index >= 15 is 0 Å². The summed E-state index contributed by atoms with van der Waals surface area (Å²) in [6.07, 6.45) is 0. The van der Waals surface area contributed by atoms with Gasteiger partial charge in [-0.15, -0.1) is 0 Å². The summed E-state index contributed by atoms with van der Waals surface area (Å²) in [4.78, 5) is 0.181. The standard InChI is InChI=1S/C11H18N2O4S2/c1-8-10(7-12)11(9(2)17-8)19(15,16)13-3-5-18(14)6-4-13/h3-7,12H2,1-2H3. The van der Waals surface area contributed by atoms with E-state index in [2.05, 4.69) is 0 Å². The average molecular weight is 306 g/mol. The van der Waals surface area contributed by atoms with Crippen molar-refractivity contribution in [1.82, 2.24) is 4.31 Å². The molecule has 108 valence electrons. The first-order valence-electron chi connectivity index (χ1n) is 6.02. The van der Waals surface area contributed by atoms with Crippen LogP contribution >= 0.6 is 0 Å². The Morgan fingerprint density at radius 1 is 1.26 bits per heavy atom. The molecule has 2 rings (SSSR count). The summed E-state index contributed by atoms with van der Waals surface area (Å²) in [6.45, 7) is 4.02. The van der Waals surface area contributed by atoms with E-state index in [1.807, 2.05) is 0 Å². The molecule has 0 bridgehead atoms. The molecule has 1 aliphatic heterocycles. The monoisotopic (exact) mass is 306 g/mol. The first kappa shape index (κ1) is 14.7. The third-order valence-electron chi connectivity index (χ3n) is 3.26. The van der Waals surface area contributed by atoms with Gasteiger partial charge >= 0.3 is 0 Å². The van der Waals surface area contributed by atoms with E-state index in [-0.39, 0.29) is 24.5 Å². The van der Waals surface area contributed by atoms with Crippen molar-refractivity contribution in [3.05, 3.63) is 17.1 Å². The van der Waals surface area contributed by atoms with Gasteiger partial charge in [-0.25, -0.2) is 8.42 Å². The van der Waals surface area contributed by atoms with Crippen molar-refractivity contribution in [3.8, 4) is 0 Å². The van der Waals surface area contributed by atoms with Crippen molar-refractivity contribution in [1.29, 1.82) is 0 Å². The third-order valence-corrected chi connectivity index (χ3v) is 6.63. The van der Waals surface area contributed by atoms with Gasteiger partial charge in [0.15, 0.2) is 0 Å². The van der Waals surface area contributed by atoms with Crippen molar-refractivity contribution < 1.29 is 17.0 Å². The van der Waals surface area contributed by atoms with Crippen molar-refractivity contribution in [3.63, 3.8) is 0 Å². The summed E-state index contributed by atoms with van der Waals surface area (Å²) < 4.78 is 43.3. The Labute approximate surface area is 115 Å². The Morgan fingerprint density at radius 3 is 2.37 bits per heavy atom. The fraction of sp³-hybridized carbons (Fsp3) is 0.636. The molecule has 0 unspecified atom stereocenters. The van der Waals surface area contributed by atoms with Crippen LogP contribution in [0.3, 0.4) is 0 Å². The van der Waals surface area contributed by atoms with Gasteiger partial charge in [-0.05, 0) is 13.8 Å².